The van der Waals surface area contributed by atoms with Gasteiger partial charge >= 0.3 is 0 Å². The lowest BCUT2D eigenvalue weighted by Gasteiger charge is -2.26. The maximum Gasteiger partial charge on any atom is 0.300 e. The minimum Gasteiger partial charge on any atom is -0.507 e. The van der Waals surface area contributed by atoms with Gasteiger partial charge in [-0.3, -0.25) is 14.5 Å². The van der Waals surface area contributed by atoms with E-state index in [9.17, 15) is 14.7 Å². The molecule has 0 saturated carbocycles. The van der Waals surface area contributed by atoms with Gasteiger partial charge in [-0.2, -0.15) is 0 Å². The number of aryl methyl sites for hydroxylation is 2. The lowest BCUT2D eigenvalue weighted by molar-refractivity contribution is -0.132. The number of Topliss-reactive ketones (excluding diaryl/α,β-unsaturated/α-hetero) is 1. The standard InChI is InChI=1S/C30H28N2O4/c1-4-19-10-14-21(15-11-19)32-27(25-18(3)31-24-9-7-6-8-23(24)25)26(29(34)30(32)35)28(33)20-12-16-22(17-13-20)36-5-2/h6-17,27,31,33H,4-5H2,1-3H3/b28-26+. The highest BCUT2D eigenvalue weighted by Crippen LogP contribution is 2.45. The maximum atomic E-state index is 13.5. The van der Waals surface area contributed by atoms with Gasteiger partial charge in [-0.25, -0.2) is 0 Å². The zero-order chi connectivity index (χ0) is 25.4. The summed E-state index contributed by atoms with van der Waals surface area (Å²) in [6, 6.07) is 21.5. The Morgan fingerprint density at radius 3 is 2.33 bits per heavy atom. The van der Waals surface area contributed by atoms with Gasteiger partial charge in [0.2, 0.25) is 0 Å². The molecule has 1 aromatic heterocycles. The lowest BCUT2D eigenvalue weighted by atomic mass is 9.93. The van der Waals surface area contributed by atoms with Gasteiger partial charge < -0.3 is 14.8 Å². The maximum absolute atomic E-state index is 13.5. The van der Waals surface area contributed by atoms with Gasteiger partial charge in [0.25, 0.3) is 11.7 Å². The number of carbonyl (C=O) groups is 2. The van der Waals surface area contributed by atoms with Gasteiger partial charge in [0.05, 0.1) is 18.2 Å². The molecule has 6 heteroatoms. The molecular formula is C30H28N2O4. The van der Waals surface area contributed by atoms with Crippen LogP contribution in [0.4, 0.5) is 5.69 Å². The van der Waals surface area contributed by atoms with Crippen molar-refractivity contribution in [3.63, 3.8) is 0 Å². The minimum absolute atomic E-state index is 0.0663. The van der Waals surface area contributed by atoms with Crippen molar-refractivity contribution in [2.75, 3.05) is 11.5 Å². The van der Waals surface area contributed by atoms with Crippen molar-refractivity contribution in [1.82, 2.24) is 4.98 Å². The SMILES string of the molecule is CCOc1ccc(/C(O)=C2\C(=O)C(=O)N(c3ccc(CC)cc3)C2c2c(C)[nH]c3ccccc23)cc1. The lowest BCUT2D eigenvalue weighted by Crippen LogP contribution is -2.29. The van der Waals surface area contributed by atoms with Gasteiger partial charge in [-0.1, -0.05) is 37.3 Å². The van der Waals surface area contributed by atoms with Crippen LogP contribution in [-0.2, 0) is 16.0 Å². The number of nitrogens with one attached hydrogen (secondary N) is 1. The molecule has 182 valence electrons. The highest BCUT2D eigenvalue weighted by Gasteiger charge is 2.48. The minimum atomic E-state index is -0.791. The van der Waals surface area contributed by atoms with Crippen molar-refractivity contribution in [3.05, 3.63) is 101 Å². The predicted octanol–water partition coefficient (Wildman–Crippen LogP) is 6.06. The third kappa shape index (κ3) is 3.85. The normalized spacial score (nSPS) is 17.2. The monoisotopic (exact) mass is 480 g/mol. The zero-order valence-corrected chi connectivity index (χ0v) is 20.5. The number of aromatic nitrogens is 1. The predicted molar refractivity (Wildman–Crippen MR) is 141 cm³/mol. The molecule has 0 radical (unpaired) electrons. The number of aromatic amines is 1. The van der Waals surface area contributed by atoms with Crippen LogP contribution < -0.4 is 9.64 Å². The van der Waals surface area contributed by atoms with Crippen LogP contribution in [0.15, 0.2) is 78.4 Å². The summed E-state index contributed by atoms with van der Waals surface area (Å²) in [6.45, 7) is 6.40. The van der Waals surface area contributed by atoms with Crippen LogP contribution in [0.1, 0.15) is 42.3 Å². The molecule has 0 aliphatic carbocycles. The summed E-state index contributed by atoms with van der Waals surface area (Å²) in [5.41, 5.74) is 4.77. The summed E-state index contributed by atoms with van der Waals surface area (Å²) in [5, 5.41) is 12.3. The first kappa shape index (κ1) is 23.4. The number of aliphatic hydroxyl groups is 1. The molecule has 1 unspecified atom stereocenters. The second-order valence-corrected chi connectivity index (χ2v) is 8.86. The van der Waals surface area contributed by atoms with E-state index < -0.39 is 17.7 Å². The Bertz CT molecular complexity index is 1480. The molecule has 0 spiro atoms. The Morgan fingerprint density at radius 1 is 0.972 bits per heavy atom. The molecule has 2 N–H and O–H groups in total. The molecule has 1 saturated heterocycles. The van der Waals surface area contributed by atoms with E-state index in [1.54, 1.807) is 24.3 Å². The molecule has 1 atom stereocenters. The summed E-state index contributed by atoms with van der Waals surface area (Å²) in [7, 11) is 0. The summed E-state index contributed by atoms with van der Waals surface area (Å²) >= 11 is 0. The van der Waals surface area contributed by atoms with Crippen molar-refractivity contribution < 1.29 is 19.4 Å². The van der Waals surface area contributed by atoms with Crippen molar-refractivity contribution in [2.45, 2.75) is 33.2 Å². The van der Waals surface area contributed by atoms with Gasteiger partial charge in [0, 0.05) is 33.4 Å². The number of para-hydroxylation sites is 1. The zero-order valence-electron chi connectivity index (χ0n) is 20.5. The number of ketones is 1. The van der Waals surface area contributed by atoms with Gasteiger partial charge in [0.15, 0.2) is 0 Å². The number of hydrogen-bond acceptors (Lipinski definition) is 4. The van der Waals surface area contributed by atoms with Crippen LogP contribution in [-0.4, -0.2) is 28.4 Å². The van der Waals surface area contributed by atoms with E-state index in [2.05, 4.69) is 11.9 Å². The van der Waals surface area contributed by atoms with Crippen LogP contribution in [0.5, 0.6) is 5.75 Å². The fourth-order valence-electron chi connectivity index (χ4n) is 4.95. The van der Waals surface area contributed by atoms with Crippen LogP contribution in [0, 0.1) is 6.92 Å². The third-order valence-corrected chi connectivity index (χ3v) is 6.72. The molecule has 2 heterocycles. The first-order chi connectivity index (χ1) is 17.4. The second-order valence-electron chi connectivity index (χ2n) is 8.86. The first-order valence-corrected chi connectivity index (χ1v) is 12.1. The quantitative estimate of drug-likeness (QED) is 0.200. The molecule has 4 aromatic rings. The van der Waals surface area contributed by atoms with E-state index in [1.165, 1.54) is 4.90 Å². The first-order valence-electron chi connectivity index (χ1n) is 12.1. The number of ether oxygens (including phenoxy) is 1. The number of benzene rings is 3. The van der Waals surface area contributed by atoms with E-state index in [1.807, 2.05) is 62.4 Å². The Hall–Kier alpha value is -4.32. The average molecular weight is 481 g/mol. The highest BCUT2D eigenvalue weighted by atomic mass is 16.5. The Labute approximate surface area is 209 Å². The van der Waals surface area contributed by atoms with E-state index in [0.717, 1.165) is 34.1 Å². The number of H-pyrrole nitrogens is 1. The Morgan fingerprint density at radius 2 is 1.67 bits per heavy atom. The summed E-state index contributed by atoms with van der Waals surface area (Å²) in [6.07, 6.45) is 0.863. The second kappa shape index (κ2) is 9.38. The molecular weight excluding hydrogens is 452 g/mol. The number of hydrogen-bond donors (Lipinski definition) is 2. The molecule has 0 bridgehead atoms. The molecule has 6 nitrogen and oxygen atoms in total. The van der Waals surface area contributed by atoms with Crippen molar-refractivity contribution >= 4 is 34.0 Å². The van der Waals surface area contributed by atoms with Crippen LogP contribution in [0.25, 0.3) is 16.7 Å². The molecule has 5 rings (SSSR count). The van der Waals surface area contributed by atoms with Gasteiger partial charge in [-0.15, -0.1) is 0 Å². The molecule has 36 heavy (non-hydrogen) atoms. The summed E-state index contributed by atoms with van der Waals surface area (Å²) < 4.78 is 5.51. The van der Waals surface area contributed by atoms with Crippen molar-refractivity contribution in [3.8, 4) is 5.75 Å². The van der Waals surface area contributed by atoms with E-state index >= 15 is 0 Å². The largest absolute Gasteiger partial charge is 0.507 e. The van der Waals surface area contributed by atoms with Crippen molar-refractivity contribution in [1.29, 1.82) is 0 Å². The fourth-order valence-corrected chi connectivity index (χ4v) is 4.95. The van der Waals surface area contributed by atoms with E-state index in [-0.39, 0.29) is 11.3 Å². The smallest absolute Gasteiger partial charge is 0.300 e. The van der Waals surface area contributed by atoms with Gasteiger partial charge in [0.1, 0.15) is 11.5 Å². The van der Waals surface area contributed by atoms with E-state index in [4.69, 9.17) is 4.74 Å². The molecule has 1 aliphatic rings. The molecule has 3 aromatic carbocycles. The number of fused-ring (bicyclic) bond motifs is 1. The number of amides is 1. The van der Waals surface area contributed by atoms with E-state index in [0.29, 0.717) is 23.6 Å². The van der Waals surface area contributed by atoms with Crippen LogP contribution in [0.2, 0.25) is 0 Å². The summed E-state index contributed by atoms with van der Waals surface area (Å²) in [4.78, 5) is 31.9. The third-order valence-electron chi connectivity index (χ3n) is 6.72. The topological polar surface area (TPSA) is 82.6 Å². The number of nitrogens with zero attached hydrogens (tertiary/aromatic N) is 1. The summed E-state index contributed by atoms with van der Waals surface area (Å²) in [5.74, 6) is -0.926. The molecule has 1 fully saturated rings. The number of anilines is 1. The Kier molecular flexibility index (Phi) is 6.10. The number of aliphatic hydroxyl groups excluding tert-OH is 1. The molecule has 1 amide bonds. The number of rotatable bonds is 6. The van der Waals surface area contributed by atoms with Crippen LogP contribution in [0.3, 0.4) is 0 Å². The Balaban J connectivity index is 1.74. The average Bonchev–Trinajstić information content (AvgIpc) is 3.36. The fraction of sp³-hybridized carbons (Fsp3) is 0.200. The van der Waals surface area contributed by atoms with Crippen molar-refractivity contribution in [2.24, 2.45) is 0 Å². The molecule has 1 aliphatic heterocycles. The highest BCUT2D eigenvalue weighted by molar-refractivity contribution is 6.52. The van der Waals surface area contributed by atoms with Gasteiger partial charge in [-0.05, 0) is 68.3 Å². The van der Waals surface area contributed by atoms with Crippen LogP contribution >= 0.6 is 0 Å². The number of carbonyl (C=O) groups excluding carboxylic acids is 2.